The van der Waals surface area contributed by atoms with E-state index >= 15 is 0 Å². The van der Waals surface area contributed by atoms with Gasteiger partial charge in [0.05, 0.1) is 11.9 Å². The van der Waals surface area contributed by atoms with E-state index in [1.807, 2.05) is 0 Å². The first-order chi connectivity index (χ1) is 6.68. The number of hydrogen-bond acceptors (Lipinski definition) is 1. The first kappa shape index (κ1) is 8.68. The van der Waals surface area contributed by atoms with Crippen molar-refractivity contribution in [3.05, 3.63) is 52.5 Å². The van der Waals surface area contributed by atoms with E-state index < -0.39 is 17.2 Å². The molecule has 2 aromatic rings. The van der Waals surface area contributed by atoms with Crippen LogP contribution >= 0.6 is 0 Å². The van der Waals surface area contributed by atoms with Crippen LogP contribution < -0.4 is 5.56 Å². The van der Waals surface area contributed by atoms with Crippen LogP contribution in [-0.4, -0.2) is 9.78 Å². The van der Waals surface area contributed by atoms with Gasteiger partial charge in [0.15, 0.2) is 0 Å². The molecular formula is C9H6F2N2O. The molecule has 72 valence electrons. The number of aromatic amines is 1. The Morgan fingerprint density at radius 2 is 1.86 bits per heavy atom. The lowest BCUT2D eigenvalue weighted by Gasteiger charge is -2.01. The zero-order valence-electron chi connectivity index (χ0n) is 7.00. The second-order valence-electron chi connectivity index (χ2n) is 2.74. The van der Waals surface area contributed by atoms with Crippen molar-refractivity contribution in [2.45, 2.75) is 0 Å². The number of H-pyrrole nitrogens is 1. The minimum atomic E-state index is -0.937. The minimum absolute atomic E-state index is 0.105. The largest absolute Gasteiger partial charge is 0.300 e. The predicted molar refractivity (Wildman–Crippen MR) is 46.3 cm³/mol. The topological polar surface area (TPSA) is 37.8 Å². The molecule has 1 aromatic carbocycles. The summed E-state index contributed by atoms with van der Waals surface area (Å²) in [6.45, 7) is 0. The summed E-state index contributed by atoms with van der Waals surface area (Å²) in [6.07, 6.45) is 0.904. The molecule has 14 heavy (non-hydrogen) atoms. The third kappa shape index (κ3) is 1.32. The van der Waals surface area contributed by atoms with Gasteiger partial charge >= 0.3 is 0 Å². The Morgan fingerprint density at radius 1 is 1.14 bits per heavy atom. The molecule has 2 rings (SSSR count). The van der Waals surface area contributed by atoms with Gasteiger partial charge < -0.3 is 0 Å². The summed E-state index contributed by atoms with van der Waals surface area (Å²) in [5.41, 5.74) is -0.762. The lowest BCUT2D eigenvalue weighted by Crippen LogP contribution is -2.06. The number of hydrogen-bond donors (Lipinski definition) is 1. The smallest absolute Gasteiger partial charge is 0.265 e. The maximum atomic E-state index is 13.2. The standard InChI is InChI=1S/C9H6F2N2O/c10-6-3-1-2-4-8(6)13-5-7(11)9(14)12-13/h1-5H,(H,12,14). The average molecular weight is 196 g/mol. The van der Waals surface area contributed by atoms with Gasteiger partial charge in [-0.2, -0.15) is 4.39 Å². The van der Waals surface area contributed by atoms with Crippen molar-refractivity contribution < 1.29 is 8.78 Å². The fourth-order valence-electron chi connectivity index (χ4n) is 1.14. The van der Waals surface area contributed by atoms with Crippen LogP contribution in [0.5, 0.6) is 0 Å². The van der Waals surface area contributed by atoms with Crippen molar-refractivity contribution in [3.8, 4) is 5.69 Å². The number of halogens is 2. The molecule has 1 heterocycles. The Balaban J connectivity index is 2.60. The Labute approximate surface area is 77.6 Å². The van der Waals surface area contributed by atoms with Crippen molar-refractivity contribution in [1.82, 2.24) is 9.78 Å². The van der Waals surface area contributed by atoms with E-state index in [2.05, 4.69) is 5.10 Å². The van der Waals surface area contributed by atoms with Gasteiger partial charge in [0, 0.05) is 0 Å². The monoisotopic (exact) mass is 196 g/mol. The third-order valence-corrected chi connectivity index (χ3v) is 1.79. The van der Waals surface area contributed by atoms with Gasteiger partial charge in [0.25, 0.3) is 5.56 Å². The molecule has 0 aliphatic carbocycles. The van der Waals surface area contributed by atoms with Gasteiger partial charge in [-0.25, -0.2) is 4.39 Å². The number of rotatable bonds is 1. The molecule has 1 N–H and O–H groups in total. The summed E-state index contributed by atoms with van der Waals surface area (Å²) >= 11 is 0. The predicted octanol–water partition coefficient (Wildman–Crippen LogP) is 1.44. The van der Waals surface area contributed by atoms with Crippen LogP contribution in [0.1, 0.15) is 0 Å². The number of benzene rings is 1. The molecule has 0 atom stereocenters. The van der Waals surface area contributed by atoms with Crippen LogP contribution in [0, 0.1) is 11.6 Å². The van der Waals surface area contributed by atoms with E-state index in [1.165, 1.54) is 18.2 Å². The lowest BCUT2D eigenvalue weighted by molar-refractivity contribution is 0.607. The summed E-state index contributed by atoms with van der Waals surface area (Å²) in [7, 11) is 0. The van der Waals surface area contributed by atoms with Gasteiger partial charge in [-0.1, -0.05) is 12.1 Å². The van der Waals surface area contributed by atoms with E-state index in [0.717, 1.165) is 10.9 Å². The molecule has 0 amide bonds. The maximum Gasteiger partial charge on any atom is 0.300 e. The maximum absolute atomic E-state index is 13.2. The van der Waals surface area contributed by atoms with Crippen molar-refractivity contribution in [1.29, 1.82) is 0 Å². The van der Waals surface area contributed by atoms with Crippen molar-refractivity contribution in [2.75, 3.05) is 0 Å². The summed E-state index contributed by atoms with van der Waals surface area (Å²) in [5, 5.41) is 2.15. The van der Waals surface area contributed by atoms with Gasteiger partial charge in [-0.3, -0.25) is 14.6 Å². The highest BCUT2D eigenvalue weighted by atomic mass is 19.1. The van der Waals surface area contributed by atoms with E-state index in [4.69, 9.17) is 0 Å². The van der Waals surface area contributed by atoms with E-state index in [-0.39, 0.29) is 5.69 Å². The molecule has 0 bridgehead atoms. The molecule has 0 saturated heterocycles. The van der Waals surface area contributed by atoms with E-state index in [0.29, 0.717) is 0 Å². The third-order valence-electron chi connectivity index (χ3n) is 1.79. The fraction of sp³-hybridized carbons (Fsp3) is 0. The van der Waals surface area contributed by atoms with Gasteiger partial charge in [-0.15, -0.1) is 0 Å². The highest BCUT2D eigenvalue weighted by Crippen LogP contribution is 2.10. The fourth-order valence-corrected chi connectivity index (χ4v) is 1.14. The molecule has 0 spiro atoms. The molecule has 0 saturated carbocycles. The summed E-state index contributed by atoms with van der Waals surface area (Å²) in [6, 6.07) is 5.77. The molecule has 0 aliphatic rings. The van der Waals surface area contributed by atoms with Gasteiger partial charge in [0.1, 0.15) is 5.82 Å². The zero-order valence-corrected chi connectivity index (χ0v) is 7.00. The molecule has 0 aliphatic heterocycles. The molecule has 3 nitrogen and oxygen atoms in total. The Hall–Kier alpha value is -1.91. The SMILES string of the molecule is O=c1[nH]n(-c2ccccc2F)cc1F. The van der Waals surface area contributed by atoms with Gasteiger partial charge in [0.2, 0.25) is 5.82 Å². The Morgan fingerprint density at radius 3 is 2.43 bits per heavy atom. The van der Waals surface area contributed by atoms with Crippen LogP contribution in [0.25, 0.3) is 5.69 Å². The summed E-state index contributed by atoms with van der Waals surface area (Å²) in [4.78, 5) is 10.8. The number of nitrogens with one attached hydrogen (secondary N) is 1. The van der Waals surface area contributed by atoms with E-state index in [9.17, 15) is 13.6 Å². The number of para-hydroxylation sites is 1. The molecule has 0 unspecified atom stereocenters. The second kappa shape index (κ2) is 3.10. The first-order valence-corrected chi connectivity index (χ1v) is 3.90. The zero-order chi connectivity index (χ0) is 10.1. The normalized spacial score (nSPS) is 10.4. The Bertz CT molecular complexity index is 516. The number of aromatic nitrogens is 2. The summed E-state index contributed by atoms with van der Waals surface area (Å²) < 4.78 is 26.8. The van der Waals surface area contributed by atoms with Crippen LogP contribution in [0.15, 0.2) is 35.3 Å². The van der Waals surface area contributed by atoms with Crippen LogP contribution in [-0.2, 0) is 0 Å². The second-order valence-corrected chi connectivity index (χ2v) is 2.74. The molecule has 0 fully saturated rings. The average Bonchev–Trinajstić information content (AvgIpc) is 2.48. The van der Waals surface area contributed by atoms with Gasteiger partial charge in [-0.05, 0) is 12.1 Å². The first-order valence-electron chi connectivity index (χ1n) is 3.90. The van der Waals surface area contributed by atoms with Crippen molar-refractivity contribution >= 4 is 0 Å². The lowest BCUT2D eigenvalue weighted by atomic mass is 10.3. The van der Waals surface area contributed by atoms with Crippen LogP contribution in [0.3, 0.4) is 0 Å². The number of nitrogens with zero attached hydrogens (tertiary/aromatic N) is 1. The van der Waals surface area contributed by atoms with Crippen molar-refractivity contribution in [2.24, 2.45) is 0 Å². The Kier molecular flexibility index (Phi) is 1.92. The highest BCUT2D eigenvalue weighted by Gasteiger charge is 2.07. The summed E-state index contributed by atoms with van der Waals surface area (Å²) in [5.74, 6) is -1.47. The van der Waals surface area contributed by atoms with Crippen molar-refractivity contribution in [3.63, 3.8) is 0 Å². The molecule has 5 heteroatoms. The molecular weight excluding hydrogens is 190 g/mol. The minimum Gasteiger partial charge on any atom is -0.265 e. The highest BCUT2D eigenvalue weighted by molar-refractivity contribution is 5.31. The van der Waals surface area contributed by atoms with Crippen LogP contribution in [0.4, 0.5) is 8.78 Å². The molecule has 1 aromatic heterocycles. The molecule has 0 radical (unpaired) electrons. The quantitative estimate of drug-likeness (QED) is 0.736. The van der Waals surface area contributed by atoms with Crippen LogP contribution in [0.2, 0.25) is 0 Å². The van der Waals surface area contributed by atoms with E-state index in [1.54, 1.807) is 6.07 Å².